The number of aryl methyl sites for hydroxylation is 1. The summed E-state index contributed by atoms with van der Waals surface area (Å²) in [6.07, 6.45) is 5.55. The zero-order valence-corrected chi connectivity index (χ0v) is 10.7. The Hall–Kier alpha value is -1.56. The average molecular weight is 249 g/mol. The van der Waals surface area contributed by atoms with Crippen LogP contribution < -0.4 is 10.6 Å². The highest BCUT2D eigenvalue weighted by Crippen LogP contribution is 2.34. The normalized spacial score (nSPS) is 22.1. The molecular formula is C12H19N5O. The van der Waals surface area contributed by atoms with E-state index in [4.69, 9.17) is 5.73 Å². The number of rotatable bonds is 2. The fourth-order valence-electron chi connectivity index (χ4n) is 2.40. The highest BCUT2D eigenvalue weighted by Gasteiger charge is 2.48. The predicted octanol–water partition coefficient (Wildman–Crippen LogP) is -0.440. The summed E-state index contributed by atoms with van der Waals surface area (Å²) in [7, 11) is 1.91. The number of piperazine rings is 1. The first-order valence-electron chi connectivity index (χ1n) is 6.40. The van der Waals surface area contributed by atoms with Gasteiger partial charge in [-0.3, -0.25) is 9.48 Å². The zero-order valence-electron chi connectivity index (χ0n) is 10.7. The lowest BCUT2D eigenvalue weighted by atomic mass is 10.2. The van der Waals surface area contributed by atoms with E-state index in [0.717, 1.165) is 44.7 Å². The Balaban J connectivity index is 1.59. The Morgan fingerprint density at radius 2 is 2.00 bits per heavy atom. The van der Waals surface area contributed by atoms with E-state index >= 15 is 0 Å². The van der Waals surface area contributed by atoms with Crippen LogP contribution in [-0.2, 0) is 11.8 Å². The number of hydrogen-bond acceptors (Lipinski definition) is 4. The second kappa shape index (κ2) is 3.98. The molecule has 0 unspecified atom stereocenters. The Labute approximate surface area is 106 Å². The lowest BCUT2D eigenvalue weighted by Gasteiger charge is -2.36. The molecule has 0 spiro atoms. The number of carbonyl (C=O) groups is 1. The maximum Gasteiger partial charge on any atom is 0.242 e. The molecule has 1 aromatic heterocycles. The van der Waals surface area contributed by atoms with Gasteiger partial charge in [-0.25, -0.2) is 0 Å². The summed E-state index contributed by atoms with van der Waals surface area (Å²) in [6.45, 7) is 3.22. The minimum atomic E-state index is -0.531. The molecule has 1 aliphatic carbocycles. The molecule has 0 bridgehead atoms. The maximum atomic E-state index is 12.1. The van der Waals surface area contributed by atoms with Gasteiger partial charge in [-0.05, 0) is 12.8 Å². The van der Waals surface area contributed by atoms with E-state index in [0.29, 0.717) is 0 Å². The predicted molar refractivity (Wildman–Crippen MR) is 68.2 cm³/mol. The summed E-state index contributed by atoms with van der Waals surface area (Å²) in [5.41, 5.74) is 6.54. The van der Waals surface area contributed by atoms with E-state index in [1.807, 2.05) is 24.3 Å². The van der Waals surface area contributed by atoms with Crippen molar-refractivity contribution in [3.05, 3.63) is 12.4 Å². The topological polar surface area (TPSA) is 67.4 Å². The van der Waals surface area contributed by atoms with Gasteiger partial charge in [0, 0.05) is 39.4 Å². The molecule has 1 amide bonds. The van der Waals surface area contributed by atoms with Crippen LogP contribution in [-0.4, -0.2) is 52.3 Å². The van der Waals surface area contributed by atoms with Crippen LogP contribution in [0.2, 0.25) is 0 Å². The maximum absolute atomic E-state index is 12.1. The molecule has 0 atom stereocenters. The summed E-state index contributed by atoms with van der Waals surface area (Å²) in [5.74, 6) is 0.133. The van der Waals surface area contributed by atoms with Crippen LogP contribution in [0.4, 0.5) is 5.69 Å². The van der Waals surface area contributed by atoms with Crippen molar-refractivity contribution in [1.82, 2.24) is 14.7 Å². The average Bonchev–Trinajstić information content (AvgIpc) is 2.98. The highest BCUT2D eigenvalue weighted by atomic mass is 16.2. The molecule has 0 radical (unpaired) electrons. The number of nitrogens with two attached hydrogens (primary N) is 1. The lowest BCUT2D eigenvalue weighted by Crippen LogP contribution is -2.54. The summed E-state index contributed by atoms with van der Waals surface area (Å²) in [6, 6.07) is 0. The summed E-state index contributed by atoms with van der Waals surface area (Å²) in [5, 5.41) is 4.17. The van der Waals surface area contributed by atoms with Crippen molar-refractivity contribution in [2.75, 3.05) is 31.1 Å². The Kier molecular flexibility index (Phi) is 2.55. The first kappa shape index (κ1) is 11.5. The monoisotopic (exact) mass is 249 g/mol. The fourth-order valence-corrected chi connectivity index (χ4v) is 2.40. The van der Waals surface area contributed by atoms with Crippen molar-refractivity contribution < 1.29 is 4.79 Å². The molecule has 98 valence electrons. The summed E-state index contributed by atoms with van der Waals surface area (Å²) < 4.78 is 1.80. The molecule has 2 N–H and O–H groups in total. The fraction of sp³-hybridized carbons (Fsp3) is 0.667. The van der Waals surface area contributed by atoms with Crippen LogP contribution in [0.15, 0.2) is 12.4 Å². The summed E-state index contributed by atoms with van der Waals surface area (Å²) in [4.78, 5) is 16.3. The van der Waals surface area contributed by atoms with Crippen LogP contribution in [0.3, 0.4) is 0 Å². The van der Waals surface area contributed by atoms with Crippen LogP contribution in [0.25, 0.3) is 0 Å². The molecule has 2 heterocycles. The van der Waals surface area contributed by atoms with Crippen LogP contribution in [0.1, 0.15) is 12.8 Å². The van der Waals surface area contributed by atoms with Gasteiger partial charge >= 0.3 is 0 Å². The van der Waals surface area contributed by atoms with E-state index in [-0.39, 0.29) is 5.91 Å². The third-order valence-corrected chi connectivity index (χ3v) is 3.84. The van der Waals surface area contributed by atoms with E-state index < -0.39 is 5.54 Å². The van der Waals surface area contributed by atoms with E-state index in [2.05, 4.69) is 10.00 Å². The Bertz CT molecular complexity index is 457. The first-order valence-corrected chi connectivity index (χ1v) is 6.40. The Morgan fingerprint density at radius 3 is 2.50 bits per heavy atom. The molecule has 1 saturated heterocycles. The Morgan fingerprint density at radius 1 is 1.33 bits per heavy atom. The van der Waals surface area contributed by atoms with Gasteiger partial charge in [0.1, 0.15) is 0 Å². The van der Waals surface area contributed by atoms with Crippen molar-refractivity contribution >= 4 is 11.6 Å². The standard InChI is InChI=1S/C12H19N5O/c1-15-9-10(8-14-15)16-4-6-17(7-5-16)11(18)12(13)2-3-12/h8-9H,2-7,13H2,1H3. The van der Waals surface area contributed by atoms with Gasteiger partial charge in [-0.2, -0.15) is 5.10 Å². The van der Waals surface area contributed by atoms with Crippen LogP contribution in [0.5, 0.6) is 0 Å². The van der Waals surface area contributed by atoms with Crippen LogP contribution in [0, 0.1) is 0 Å². The van der Waals surface area contributed by atoms with Crippen molar-refractivity contribution in [2.45, 2.75) is 18.4 Å². The number of hydrogen-bond donors (Lipinski definition) is 1. The first-order chi connectivity index (χ1) is 8.58. The SMILES string of the molecule is Cn1cc(N2CCN(C(=O)C3(N)CC3)CC2)cn1. The molecule has 2 fully saturated rings. The van der Waals surface area contributed by atoms with Gasteiger partial charge in [-0.1, -0.05) is 0 Å². The molecule has 3 rings (SSSR count). The van der Waals surface area contributed by atoms with Gasteiger partial charge in [0.25, 0.3) is 0 Å². The van der Waals surface area contributed by atoms with Gasteiger partial charge in [-0.15, -0.1) is 0 Å². The van der Waals surface area contributed by atoms with Crippen molar-refractivity contribution in [3.8, 4) is 0 Å². The van der Waals surface area contributed by atoms with Gasteiger partial charge in [0.15, 0.2) is 0 Å². The molecule has 2 aliphatic rings. The molecule has 1 aromatic rings. The summed E-state index contributed by atoms with van der Waals surface area (Å²) >= 11 is 0. The second-order valence-electron chi connectivity index (χ2n) is 5.31. The quantitative estimate of drug-likeness (QED) is 0.771. The minimum absolute atomic E-state index is 0.133. The largest absolute Gasteiger partial charge is 0.365 e. The van der Waals surface area contributed by atoms with E-state index in [1.54, 1.807) is 4.68 Å². The number of carbonyl (C=O) groups excluding carboxylic acids is 1. The minimum Gasteiger partial charge on any atom is -0.365 e. The van der Waals surface area contributed by atoms with Crippen molar-refractivity contribution in [2.24, 2.45) is 12.8 Å². The van der Waals surface area contributed by atoms with Crippen molar-refractivity contribution in [3.63, 3.8) is 0 Å². The molecule has 6 heteroatoms. The molecule has 1 aliphatic heterocycles. The third kappa shape index (κ3) is 1.96. The number of aromatic nitrogens is 2. The highest BCUT2D eigenvalue weighted by molar-refractivity contribution is 5.89. The number of nitrogens with zero attached hydrogens (tertiary/aromatic N) is 4. The number of anilines is 1. The zero-order chi connectivity index (χ0) is 12.8. The lowest BCUT2D eigenvalue weighted by molar-refractivity contribution is -0.133. The van der Waals surface area contributed by atoms with Gasteiger partial charge in [0.2, 0.25) is 5.91 Å². The number of amides is 1. The van der Waals surface area contributed by atoms with Gasteiger partial charge in [0.05, 0.1) is 17.4 Å². The molecular weight excluding hydrogens is 230 g/mol. The van der Waals surface area contributed by atoms with E-state index in [1.165, 1.54) is 0 Å². The second-order valence-corrected chi connectivity index (χ2v) is 5.31. The van der Waals surface area contributed by atoms with Crippen molar-refractivity contribution in [1.29, 1.82) is 0 Å². The van der Waals surface area contributed by atoms with E-state index in [9.17, 15) is 4.79 Å². The molecule has 0 aromatic carbocycles. The molecule has 1 saturated carbocycles. The smallest absolute Gasteiger partial charge is 0.242 e. The molecule has 6 nitrogen and oxygen atoms in total. The molecule has 18 heavy (non-hydrogen) atoms. The third-order valence-electron chi connectivity index (χ3n) is 3.84. The van der Waals surface area contributed by atoms with Gasteiger partial charge < -0.3 is 15.5 Å². The van der Waals surface area contributed by atoms with Crippen LogP contribution >= 0.6 is 0 Å².